The van der Waals surface area contributed by atoms with E-state index in [0.29, 0.717) is 0 Å². The van der Waals surface area contributed by atoms with Gasteiger partial charge in [-0.15, -0.1) is 0 Å². The molecule has 1 aliphatic rings. The lowest BCUT2D eigenvalue weighted by molar-refractivity contribution is 0.653. The first-order chi connectivity index (χ1) is 6.27. The summed E-state index contributed by atoms with van der Waals surface area (Å²) >= 11 is 0. The SMILES string of the molecule is Cn1ncnc1C1=CC(N)CNC1. The van der Waals surface area contributed by atoms with E-state index in [1.54, 1.807) is 11.0 Å². The molecule has 3 N–H and O–H groups in total. The van der Waals surface area contributed by atoms with Crippen LogP contribution >= 0.6 is 0 Å². The Labute approximate surface area is 76.6 Å². The number of nitrogens with two attached hydrogens (primary N) is 1. The standard InChI is InChI=1S/C8H13N5/c1-13-8(11-5-12-13)6-2-7(9)4-10-3-6/h2,5,7,10H,3-4,9H2,1H3. The molecular formula is C8H13N5. The summed E-state index contributed by atoms with van der Waals surface area (Å²) in [6, 6.07) is 0.0837. The number of hydrogen-bond acceptors (Lipinski definition) is 4. The van der Waals surface area contributed by atoms with Gasteiger partial charge in [0.25, 0.3) is 0 Å². The summed E-state index contributed by atoms with van der Waals surface area (Å²) in [7, 11) is 1.88. The van der Waals surface area contributed by atoms with Crippen LogP contribution in [-0.4, -0.2) is 33.9 Å². The van der Waals surface area contributed by atoms with Gasteiger partial charge in [-0.2, -0.15) is 5.10 Å². The topological polar surface area (TPSA) is 68.8 Å². The molecule has 0 fully saturated rings. The van der Waals surface area contributed by atoms with Crippen LogP contribution in [0, 0.1) is 0 Å². The van der Waals surface area contributed by atoms with Gasteiger partial charge in [-0.3, -0.25) is 0 Å². The van der Waals surface area contributed by atoms with E-state index in [4.69, 9.17) is 5.73 Å². The van der Waals surface area contributed by atoms with Crippen molar-refractivity contribution in [3.05, 3.63) is 18.2 Å². The fraction of sp³-hybridized carbons (Fsp3) is 0.500. The summed E-state index contributed by atoms with van der Waals surface area (Å²) < 4.78 is 1.76. The van der Waals surface area contributed by atoms with E-state index < -0.39 is 0 Å². The van der Waals surface area contributed by atoms with Crippen molar-refractivity contribution in [2.75, 3.05) is 13.1 Å². The number of aromatic nitrogens is 3. The predicted octanol–water partition coefficient (Wildman–Crippen LogP) is -0.871. The van der Waals surface area contributed by atoms with Crippen molar-refractivity contribution in [3.8, 4) is 0 Å². The Hall–Kier alpha value is -1.20. The average Bonchev–Trinajstić information content (AvgIpc) is 2.51. The number of aryl methyl sites for hydroxylation is 1. The quantitative estimate of drug-likeness (QED) is 0.588. The third-order valence-electron chi connectivity index (χ3n) is 2.11. The van der Waals surface area contributed by atoms with Gasteiger partial charge in [0.05, 0.1) is 0 Å². The second kappa shape index (κ2) is 3.27. The maximum Gasteiger partial charge on any atom is 0.154 e. The van der Waals surface area contributed by atoms with E-state index in [0.717, 1.165) is 24.5 Å². The number of nitrogens with one attached hydrogen (secondary N) is 1. The van der Waals surface area contributed by atoms with Gasteiger partial charge < -0.3 is 11.1 Å². The summed E-state index contributed by atoms with van der Waals surface area (Å²) in [6.07, 6.45) is 3.59. The van der Waals surface area contributed by atoms with Crippen molar-refractivity contribution in [2.24, 2.45) is 12.8 Å². The van der Waals surface area contributed by atoms with E-state index in [-0.39, 0.29) is 6.04 Å². The van der Waals surface area contributed by atoms with Crippen molar-refractivity contribution in [3.63, 3.8) is 0 Å². The van der Waals surface area contributed by atoms with Crippen molar-refractivity contribution in [1.82, 2.24) is 20.1 Å². The van der Waals surface area contributed by atoms with E-state index in [1.165, 1.54) is 0 Å². The molecule has 70 valence electrons. The fourth-order valence-corrected chi connectivity index (χ4v) is 1.49. The minimum Gasteiger partial charge on any atom is -0.323 e. The van der Waals surface area contributed by atoms with Gasteiger partial charge in [0.1, 0.15) is 6.33 Å². The molecule has 13 heavy (non-hydrogen) atoms. The molecule has 0 bridgehead atoms. The molecule has 2 rings (SSSR count). The molecule has 1 atom stereocenters. The molecule has 5 nitrogen and oxygen atoms in total. The molecule has 1 aromatic rings. The lowest BCUT2D eigenvalue weighted by atomic mass is 10.1. The Morgan fingerprint density at radius 3 is 3.15 bits per heavy atom. The Kier molecular flexibility index (Phi) is 2.12. The number of nitrogens with zero attached hydrogens (tertiary/aromatic N) is 3. The summed E-state index contributed by atoms with van der Waals surface area (Å²) in [6.45, 7) is 1.65. The smallest absolute Gasteiger partial charge is 0.154 e. The van der Waals surface area contributed by atoms with E-state index >= 15 is 0 Å². The van der Waals surface area contributed by atoms with Crippen LogP contribution in [0.4, 0.5) is 0 Å². The highest BCUT2D eigenvalue weighted by Gasteiger charge is 2.13. The lowest BCUT2D eigenvalue weighted by Gasteiger charge is -2.18. The van der Waals surface area contributed by atoms with Crippen LogP contribution in [0.5, 0.6) is 0 Å². The van der Waals surface area contributed by atoms with Crippen LogP contribution in [0.1, 0.15) is 5.82 Å². The van der Waals surface area contributed by atoms with Crippen molar-refractivity contribution in [1.29, 1.82) is 0 Å². The van der Waals surface area contributed by atoms with E-state index in [2.05, 4.69) is 15.4 Å². The summed E-state index contributed by atoms with van der Waals surface area (Å²) in [5.74, 6) is 0.891. The number of hydrogen-bond donors (Lipinski definition) is 2. The molecule has 0 radical (unpaired) electrons. The summed E-state index contributed by atoms with van der Waals surface area (Å²) in [5.41, 5.74) is 6.91. The van der Waals surface area contributed by atoms with Crippen LogP contribution in [-0.2, 0) is 7.05 Å². The molecule has 5 heteroatoms. The minimum atomic E-state index is 0.0837. The highest BCUT2D eigenvalue weighted by Crippen LogP contribution is 2.12. The molecule has 0 saturated heterocycles. The van der Waals surface area contributed by atoms with Gasteiger partial charge in [0.15, 0.2) is 5.82 Å². The Bertz CT molecular complexity index is 327. The Morgan fingerprint density at radius 2 is 2.54 bits per heavy atom. The van der Waals surface area contributed by atoms with E-state index in [1.807, 2.05) is 13.1 Å². The van der Waals surface area contributed by atoms with Gasteiger partial charge in [0, 0.05) is 31.8 Å². The van der Waals surface area contributed by atoms with Gasteiger partial charge >= 0.3 is 0 Å². The molecule has 1 aromatic heterocycles. The average molecular weight is 179 g/mol. The second-order valence-electron chi connectivity index (χ2n) is 3.19. The maximum atomic E-state index is 5.78. The first kappa shape index (κ1) is 8.40. The molecule has 0 spiro atoms. The Morgan fingerprint density at radius 1 is 1.69 bits per heavy atom. The molecular weight excluding hydrogens is 166 g/mol. The van der Waals surface area contributed by atoms with Crippen LogP contribution in [0.15, 0.2) is 12.4 Å². The van der Waals surface area contributed by atoms with Gasteiger partial charge in [0.2, 0.25) is 0 Å². The van der Waals surface area contributed by atoms with Crippen LogP contribution in [0.2, 0.25) is 0 Å². The van der Waals surface area contributed by atoms with Gasteiger partial charge in [-0.25, -0.2) is 9.67 Å². The highest BCUT2D eigenvalue weighted by molar-refractivity contribution is 5.63. The minimum absolute atomic E-state index is 0.0837. The first-order valence-electron chi connectivity index (χ1n) is 4.29. The zero-order valence-electron chi connectivity index (χ0n) is 7.57. The zero-order valence-corrected chi connectivity index (χ0v) is 7.57. The third kappa shape index (κ3) is 1.61. The lowest BCUT2D eigenvalue weighted by Crippen LogP contribution is -2.37. The van der Waals surface area contributed by atoms with Crippen molar-refractivity contribution >= 4 is 5.57 Å². The molecule has 0 amide bonds. The largest absolute Gasteiger partial charge is 0.323 e. The fourth-order valence-electron chi connectivity index (χ4n) is 1.49. The normalized spacial score (nSPS) is 22.9. The molecule has 1 aliphatic heterocycles. The third-order valence-corrected chi connectivity index (χ3v) is 2.11. The summed E-state index contributed by atoms with van der Waals surface area (Å²) in [4.78, 5) is 4.16. The van der Waals surface area contributed by atoms with Gasteiger partial charge in [-0.1, -0.05) is 6.08 Å². The second-order valence-corrected chi connectivity index (χ2v) is 3.19. The molecule has 0 saturated carbocycles. The maximum absolute atomic E-state index is 5.78. The predicted molar refractivity (Wildman–Crippen MR) is 49.8 cm³/mol. The van der Waals surface area contributed by atoms with Crippen molar-refractivity contribution < 1.29 is 0 Å². The molecule has 2 heterocycles. The van der Waals surface area contributed by atoms with Crippen LogP contribution in [0.25, 0.3) is 5.57 Å². The molecule has 1 unspecified atom stereocenters. The number of rotatable bonds is 1. The van der Waals surface area contributed by atoms with E-state index in [9.17, 15) is 0 Å². The zero-order chi connectivity index (χ0) is 9.26. The summed E-state index contributed by atoms with van der Waals surface area (Å²) in [5, 5.41) is 7.24. The van der Waals surface area contributed by atoms with Crippen molar-refractivity contribution in [2.45, 2.75) is 6.04 Å². The molecule has 0 aromatic carbocycles. The first-order valence-corrected chi connectivity index (χ1v) is 4.29. The van der Waals surface area contributed by atoms with Crippen LogP contribution < -0.4 is 11.1 Å². The Balaban J connectivity index is 2.30. The van der Waals surface area contributed by atoms with Gasteiger partial charge in [-0.05, 0) is 0 Å². The van der Waals surface area contributed by atoms with Crippen LogP contribution in [0.3, 0.4) is 0 Å². The monoisotopic (exact) mass is 179 g/mol. The molecule has 0 aliphatic carbocycles. The highest BCUT2D eigenvalue weighted by atomic mass is 15.3.